The van der Waals surface area contributed by atoms with Gasteiger partial charge in [0.15, 0.2) is 0 Å². The minimum absolute atomic E-state index is 0.0794. The standard InChI is InChI=1S/C14H10N4O3/c15-14(20)21-11-5-1-4-10-12(11)13(19)18(8-17-10)9-3-2-6-16-7-9/h1-8H,(H2,15,20). The molecule has 0 saturated carbocycles. The molecule has 2 aromatic heterocycles. The molecule has 0 aliphatic rings. The zero-order chi connectivity index (χ0) is 14.8. The number of hydrogen-bond donors (Lipinski definition) is 1. The summed E-state index contributed by atoms with van der Waals surface area (Å²) < 4.78 is 6.19. The summed E-state index contributed by atoms with van der Waals surface area (Å²) in [5.41, 5.74) is 5.62. The first-order chi connectivity index (χ1) is 10.2. The maximum atomic E-state index is 12.6. The molecule has 21 heavy (non-hydrogen) atoms. The molecular weight excluding hydrogens is 272 g/mol. The second-order valence-corrected chi connectivity index (χ2v) is 4.20. The average Bonchev–Trinajstić information content (AvgIpc) is 2.48. The Morgan fingerprint density at radius 3 is 2.81 bits per heavy atom. The largest absolute Gasteiger partial charge is 0.410 e. The Morgan fingerprint density at radius 2 is 2.10 bits per heavy atom. The fraction of sp³-hybridized carbons (Fsp3) is 0. The van der Waals surface area contributed by atoms with Crippen LogP contribution < -0.4 is 16.0 Å². The third-order valence-corrected chi connectivity index (χ3v) is 2.88. The van der Waals surface area contributed by atoms with Crippen LogP contribution in [0.25, 0.3) is 16.6 Å². The lowest BCUT2D eigenvalue weighted by Gasteiger charge is -2.08. The molecule has 0 radical (unpaired) electrons. The lowest BCUT2D eigenvalue weighted by molar-refractivity contribution is 0.211. The molecule has 2 heterocycles. The number of benzene rings is 1. The van der Waals surface area contributed by atoms with Gasteiger partial charge in [0.1, 0.15) is 17.5 Å². The van der Waals surface area contributed by atoms with E-state index in [0.717, 1.165) is 0 Å². The topological polar surface area (TPSA) is 100 Å². The van der Waals surface area contributed by atoms with Crippen molar-refractivity contribution in [1.82, 2.24) is 14.5 Å². The van der Waals surface area contributed by atoms with Crippen LogP contribution in [-0.2, 0) is 0 Å². The third-order valence-electron chi connectivity index (χ3n) is 2.88. The van der Waals surface area contributed by atoms with Crippen molar-refractivity contribution in [1.29, 1.82) is 0 Å². The number of carbonyl (C=O) groups is 1. The van der Waals surface area contributed by atoms with E-state index >= 15 is 0 Å². The maximum absolute atomic E-state index is 12.6. The molecule has 0 atom stereocenters. The Hall–Kier alpha value is -3.22. The second-order valence-electron chi connectivity index (χ2n) is 4.20. The number of hydrogen-bond acceptors (Lipinski definition) is 5. The van der Waals surface area contributed by atoms with E-state index in [9.17, 15) is 9.59 Å². The van der Waals surface area contributed by atoms with Crippen molar-refractivity contribution in [3.05, 3.63) is 59.4 Å². The molecule has 0 fully saturated rings. The van der Waals surface area contributed by atoms with E-state index in [0.29, 0.717) is 11.2 Å². The zero-order valence-corrected chi connectivity index (χ0v) is 10.8. The summed E-state index contributed by atoms with van der Waals surface area (Å²) in [5, 5.41) is 0.183. The Labute approximate surface area is 118 Å². The number of amides is 1. The molecule has 0 aliphatic carbocycles. The highest BCUT2D eigenvalue weighted by atomic mass is 16.5. The first-order valence-electron chi connectivity index (χ1n) is 6.05. The summed E-state index contributed by atoms with van der Waals surface area (Å²) in [4.78, 5) is 31.7. The van der Waals surface area contributed by atoms with Gasteiger partial charge >= 0.3 is 6.09 Å². The minimum atomic E-state index is -0.987. The van der Waals surface area contributed by atoms with Gasteiger partial charge in [-0.25, -0.2) is 9.78 Å². The smallest absolute Gasteiger partial charge is 0.409 e. The van der Waals surface area contributed by atoms with Crippen molar-refractivity contribution in [3.8, 4) is 11.4 Å². The number of pyridine rings is 1. The van der Waals surface area contributed by atoms with Gasteiger partial charge in [0.25, 0.3) is 5.56 Å². The molecule has 7 heteroatoms. The zero-order valence-electron chi connectivity index (χ0n) is 10.8. The Morgan fingerprint density at radius 1 is 1.24 bits per heavy atom. The number of nitrogens with zero attached hydrogens (tertiary/aromatic N) is 3. The first kappa shape index (κ1) is 12.8. The lowest BCUT2D eigenvalue weighted by atomic mass is 10.2. The number of aromatic nitrogens is 3. The third kappa shape index (κ3) is 2.32. The van der Waals surface area contributed by atoms with Crippen LogP contribution in [0.1, 0.15) is 0 Å². The molecular formula is C14H10N4O3. The minimum Gasteiger partial charge on any atom is -0.410 e. The SMILES string of the molecule is NC(=O)Oc1cccc2ncn(-c3cccnc3)c(=O)c12. The summed E-state index contributed by atoms with van der Waals surface area (Å²) in [5.74, 6) is 0.0794. The van der Waals surface area contributed by atoms with E-state index in [2.05, 4.69) is 9.97 Å². The molecule has 0 saturated heterocycles. The van der Waals surface area contributed by atoms with Gasteiger partial charge in [-0.2, -0.15) is 0 Å². The van der Waals surface area contributed by atoms with E-state index in [-0.39, 0.29) is 16.7 Å². The Bertz CT molecular complexity index is 874. The summed E-state index contributed by atoms with van der Waals surface area (Å²) in [6.45, 7) is 0. The fourth-order valence-electron chi connectivity index (χ4n) is 2.01. The predicted octanol–water partition coefficient (Wildman–Crippen LogP) is 1.24. The van der Waals surface area contributed by atoms with Crippen LogP contribution in [0.3, 0.4) is 0 Å². The van der Waals surface area contributed by atoms with Crippen LogP contribution in [0.5, 0.6) is 5.75 Å². The number of rotatable bonds is 2. The molecule has 2 N–H and O–H groups in total. The van der Waals surface area contributed by atoms with E-state index in [1.807, 2.05) is 0 Å². The van der Waals surface area contributed by atoms with E-state index in [4.69, 9.17) is 10.5 Å². The van der Waals surface area contributed by atoms with Crippen molar-refractivity contribution >= 4 is 17.0 Å². The van der Waals surface area contributed by atoms with Crippen LogP contribution in [0, 0.1) is 0 Å². The molecule has 104 valence electrons. The predicted molar refractivity (Wildman–Crippen MR) is 75.3 cm³/mol. The van der Waals surface area contributed by atoms with Gasteiger partial charge in [-0.05, 0) is 24.3 Å². The molecule has 7 nitrogen and oxygen atoms in total. The van der Waals surface area contributed by atoms with Gasteiger partial charge in [0.2, 0.25) is 0 Å². The summed E-state index contributed by atoms with van der Waals surface area (Å²) in [6.07, 6.45) is 3.55. The van der Waals surface area contributed by atoms with E-state index in [1.165, 1.54) is 23.2 Å². The Kier molecular flexibility index (Phi) is 3.07. The highest BCUT2D eigenvalue weighted by molar-refractivity contribution is 5.86. The van der Waals surface area contributed by atoms with Gasteiger partial charge in [-0.3, -0.25) is 14.3 Å². The summed E-state index contributed by atoms with van der Waals surface area (Å²) >= 11 is 0. The number of primary amides is 1. The summed E-state index contributed by atoms with van der Waals surface area (Å²) in [7, 11) is 0. The number of fused-ring (bicyclic) bond motifs is 1. The normalized spacial score (nSPS) is 10.5. The van der Waals surface area contributed by atoms with Crippen LogP contribution in [0.2, 0.25) is 0 Å². The fourth-order valence-corrected chi connectivity index (χ4v) is 2.01. The van der Waals surface area contributed by atoms with Crippen LogP contribution in [0.15, 0.2) is 53.8 Å². The van der Waals surface area contributed by atoms with Gasteiger partial charge in [0.05, 0.1) is 17.4 Å². The monoisotopic (exact) mass is 282 g/mol. The molecule has 3 aromatic rings. The second kappa shape index (κ2) is 5.04. The highest BCUT2D eigenvalue weighted by Gasteiger charge is 2.12. The van der Waals surface area contributed by atoms with Gasteiger partial charge in [-0.15, -0.1) is 0 Å². The van der Waals surface area contributed by atoms with Crippen molar-refractivity contribution in [3.63, 3.8) is 0 Å². The molecule has 0 unspecified atom stereocenters. The van der Waals surface area contributed by atoms with Gasteiger partial charge in [0, 0.05) is 6.20 Å². The van der Waals surface area contributed by atoms with Crippen LogP contribution in [-0.4, -0.2) is 20.6 Å². The number of nitrogens with two attached hydrogens (primary N) is 1. The molecule has 0 bridgehead atoms. The molecule has 1 aromatic carbocycles. The van der Waals surface area contributed by atoms with Gasteiger partial charge in [-0.1, -0.05) is 6.07 Å². The molecule has 1 amide bonds. The summed E-state index contributed by atoms with van der Waals surface area (Å²) in [6, 6.07) is 8.20. The highest BCUT2D eigenvalue weighted by Crippen LogP contribution is 2.21. The van der Waals surface area contributed by atoms with Crippen molar-refractivity contribution in [2.24, 2.45) is 5.73 Å². The molecule has 0 aliphatic heterocycles. The number of carbonyl (C=O) groups excluding carboxylic acids is 1. The van der Waals surface area contributed by atoms with E-state index in [1.54, 1.807) is 30.5 Å². The van der Waals surface area contributed by atoms with Crippen LogP contribution in [0.4, 0.5) is 4.79 Å². The maximum Gasteiger partial charge on any atom is 0.409 e. The van der Waals surface area contributed by atoms with Crippen molar-refractivity contribution in [2.75, 3.05) is 0 Å². The first-order valence-corrected chi connectivity index (χ1v) is 6.05. The number of ether oxygens (including phenoxy) is 1. The van der Waals surface area contributed by atoms with Crippen LogP contribution >= 0.6 is 0 Å². The quantitative estimate of drug-likeness (QED) is 0.762. The average molecular weight is 282 g/mol. The van der Waals surface area contributed by atoms with Gasteiger partial charge < -0.3 is 10.5 Å². The lowest BCUT2D eigenvalue weighted by Crippen LogP contribution is -2.22. The van der Waals surface area contributed by atoms with E-state index < -0.39 is 6.09 Å². The molecule has 0 spiro atoms. The Balaban J connectivity index is 2.29. The molecule has 3 rings (SSSR count). The van der Waals surface area contributed by atoms with Crippen molar-refractivity contribution < 1.29 is 9.53 Å². The van der Waals surface area contributed by atoms with Crippen molar-refractivity contribution in [2.45, 2.75) is 0 Å².